The first-order valence-corrected chi connectivity index (χ1v) is 4.21. The van der Waals surface area contributed by atoms with Crippen LogP contribution in [0.15, 0.2) is 22.7 Å². The molecule has 2 nitrogen and oxygen atoms in total. The van der Waals surface area contributed by atoms with E-state index in [1.165, 1.54) is 0 Å². The second-order valence-corrected chi connectivity index (χ2v) is 3.12. The molecule has 0 radical (unpaired) electrons. The van der Waals surface area contributed by atoms with Crippen molar-refractivity contribution in [3.63, 3.8) is 0 Å². The summed E-state index contributed by atoms with van der Waals surface area (Å²) in [7, 11) is 0. The fraction of sp³-hybridized carbons (Fsp3) is 0.182. The van der Waals surface area contributed by atoms with Gasteiger partial charge in [-0.3, -0.25) is 4.98 Å². The zero-order valence-corrected chi connectivity index (χ0v) is 7.70. The lowest BCUT2D eigenvalue weighted by Crippen LogP contribution is -2.27. The minimum atomic E-state index is 0.978. The van der Waals surface area contributed by atoms with E-state index in [0.717, 1.165) is 21.8 Å². The van der Waals surface area contributed by atoms with Gasteiger partial charge in [-0.2, -0.15) is 0 Å². The molecule has 0 unspecified atom stereocenters. The minimum Gasteiger partial charge on any atom is -0.253 e. The summed E-state index contributed by atoms with van der Waals surface area (Å²) >= 11 is 0. The molecule has 0 N–H and O–H groups in total. The average Bonchev–Trinajstić information content (AvgIpc) is 2.25. The predicted molar refractivity (Wildman–Crippen MR) is 53.8 cm³/mol. The van der Waals surface area contributed by atoms with Gasteiger partial charge in [0.15, 0.2) is 0 Å². The number of aryl methyl sites for hydroxylation is 1. The molecule has 2 rings (SSSR count). The Morgan fingerprint density at radius 3 is 2.92 bits per heavy atom. The quantitative estimate of drug-likeness (QED) is 0.558. The van der Waals surface area contributed by atoms with Crippen molar-refractivity contribution in [2.75, 3.05) is 0 Å². The van der Waals surface area contributed by atoms with Crippen LogP contribution in [0.4, 0.5) is 0 Å². The van der Waals surface area contributed by atoms with E-state index in [4.69, 9.17) is 0 Å². The Balaban J connectivity index is 2.84. The molecule has 1 aromatic heterocycles. The number of hydrogen-bond acceptors (Lipinski definition) is 2. The Morgan fingerprint density at radius 1 is 1.23 bits per heavy atom. The fourth-order valence-corrected chi connectivity index (χ4v) is 1.25. The number of rotatable bonds is 0. The average molecular weight is 170 g/mol. The summed E-state index contributed by atoms with van der Waals surface area (Å²) in [6.45, 7) is 3.95. The lowest BCUT2D eigenvalue weighted by molar-refractivity contribution is 1.13. The number of allylic oxidation sites excluding steroid dienone is 1. The lowest BCUT2D eigenvalue weighted by Gasteiger charge is -1.91. The van der Waals surface area contributed by atoms with Gasteiger partial charge in [0.25, 0.3) is 0 Å². The summed E-state index contributed by atoms with van der Waals surface area (Å²) in [5.74, 6) is 2.90. The summed E-state index contributed by atoms with van der Waals surface area (Å²) in [5.41, 5.74) is 2.03. The summed E-state index contributed by atoms with van der Waals surface area (Å²) in [6.07, 6.45) is 3.78. The normalized spacial score (nSPS) is 13.5. The fourth-order valence-electron chi connectivity index (χ4n) is 1.25. The molecule has 0 fully saturated rings. The number of fused-ring (bicyclic) bond motifs is 1. The van der Waals surface area contributed by atoms with Crippen molar-refractivity contribution >= 4 is 18.1 Å². The Labute approximate surface area is 76.7 Å². The summed E-state index contributed by atoms with van der Waals surface area (Å²) in [5, 5.41) is 2.03. The zero-order valence-electron chi connectivity index (χ0n) is 7.70. The molecule has 0 spiro atoms. The highest BCUT2D eigenvalue weighted by atomic mass is 14.7. The van der Waals surface area contributed by atoms with Crippen LogP contribution in [0.25, 0.3) is 12.3 Å². The van der Waals surface area contributed by atoms with Crippen molar-refractivity contribution < 1.29 is 0 Å². The standard InChI is InChI=1S/C11H10N2/c1-8-5-11-10(7-12-6-8)4-3-9(2)13-11/h3-5,7H,1-2H3. The van der Waals surface area contributed by atoms with Gasteiger partial charge in [0.2, 0.25) is 0 Å². The van der Waals surface area contributed by atoms with E-state index in [1.54, 1.807) is 6.20 Å². The van der Waals surface area contributed by atoms with Crippen molar-refractivity contribution in [1.29, 1.82) is 0 Å². The van der Waals surface area contributed by atoms with Gasteiger partial charge in [-0.1, -0.05) is 0 Å². The van der Waals surface area contributed by atoms with Gasteiger partial charge >= 0.3 is 0 Å². The number of pyridine rings is 1. The molecule has 13 heavy (non-hydrogen) atoms. The van der Waals surface area contributed by atoms with Crippen molar-refractivity contribution in [1.82, 2.24) is 4.98 Å². The van der Waals surface area contributed by atoms with E-state index in [-0.39, 0.29) is 0 Å². The van der Waals surface area contributed by atoms with Crippen LogP contribution in [0.2, 0.25) is 0 Å². The molecule has 1 aliphatic rings. The number of aromatic nitrogens is 1. The molecule has 1 aromatic rings. The van der Waals surface area contributed by atoms with Gasteiger partial charge in [0.05, 0.1) is 5.35 Å². The summed E-state index contributed by atoms with van der Waals surface area (Å²) in [4.78, 5) is 8.46. The third-order valence-electron chi connectivity index (χ3n) is 1.89. The highest BCUT2D eigenvalue weighted by Gasteiger charge is 1.92. The van der Waals surface area contributed by atoms with Crippen LogP contribution in [-0.4, -0.2) is 10.9 Å². The van der Waals surface area contributed by atoms with Crippen LogP contribution in [0, 0.1) is 6.92 Å². The molecule has 0 atom stereocenters. The van der Waals surface area contributed by atoms with Crippen LogP contribution in [0.1, 0.15) is 12.6 Å². The maximum atomic E-state index is 4.42. The van der Waals surface area contributed by atoms with E-state index in [2.05, 4.69) is 15.8 Å². The second-order valence-electron chi connectivity index (χ2n) is 3.12. The minimum absolute atomic E-state index is 0.978. The van der Waals surface area contributed by atoms with Crippen molar-refractivity contribution in [2.24, 2.45) is 4.99 Å². The summed E-state index contributed by atoms with van der Waals surface area (Å²) in [6, 6.07) is 4.01. The smallest absolute Gasteiger partial charge is 0.0730 e. The Kier molecular flexibility index (Phi) is 1.84. The number of hydrogen-bond donors (Lipinski definition) is 0. The number of aliphatic imine (C=N–C) groups is 1. The third-order valence-corrected chi connectivity index (χ3v) is 1.89. The third kappa shape index (κ3) is 1.58. The zero-order chi connectivity index (χ0) is 9.26. The highest BCUT2D eigenvalue weighted by molar-refractivity contribution is 5.72. The van der Waals surface area contributed by atoms with Crippen LogP contribution in [-0.2, 0) is 0 Å². The largest absolute Gasteiger partial charge is 0.253 e. The van der Waals surface area contributed by atoms with E-state index >= 15 is 0 Å². The first kappa shape index (κ1) is 7.96. The van der Waals surface area contributed by atoms with Crippen molar-refractivity contribution in [3.8, 4) is 0 Å². The Bertz CT molecular complexity index is 518. The van der Waals surface area contributed by atoms with Crippen LogP contribution >= 0.6 is 0 Å². The van der Waals surface area contributed by atoms with Gasteiger partial charge < -0.3 is 0 Å². The highest BCUT2D eigenvalue weighted by Crippen LogP contribution is 1.89. The van der Waals surface area contributed by atoms with Gasteiger partial charge in [0, 0.05) is 22.7 Å². The molecule has 0 aliphatic carbocycles. The molecular weight excluding hydrogens is 160 g/mol. The van der Waals surface area contributed by atoms with Gasteiger partial charge in [-0.25, -0.2) is 4.99 Å². The summed E-state index contributed by atoms with van der Waals surface area (Å²) < 4.78 is 0. The molecular formula is C11H10N2. The maximum absolute atomic E-state index is 4.42. The molecule has 0 bridgehead atoms. The Hall–Kier alpha value is -1.66. The van der Waals surface area contributed by atoms with Gasteiger partial charge in [0.1, 0.15) is 0 Å². The maximum Gasteiger partial charge on any atom is 0.0730 e. The molecule has 2 heteroatoms. The monoisotopic (exact) mass is 170 g/mol. The van der Waals surface area contributed by atoms with E-state index in [0.29, 0.717) is 0 Å². The van der Waals surface area contributed by atoms with E-state index in [9.17, 15) is 0 Å². The van der Waals surface area contributed by atoms with Gasteiger partial charge in [-0.15, -0.1) is 0 Å². The van der Waals surface area contributed by atoms with Crippen LogP contribution in [0.5, 0.6) is 0 Å². The first-order valence-electron chi connectivity index (χ1n) is 4.21. The Morgan fingerprint density at radius 2 is 2.08 bits per heavy atom. The SMILES string of the molecule is CC1=C=NC=c2ccc(C)nc2=C1. The number of nitrogens with zero attached hydrogens (tertiary/aromatic N) is 2. The molecule has 0 amide bonds. The molecule has 0 saturated heterocycles. The molecule has 64 valence electrons. The van der Waals surface area contributed by atoms with Gasteiger partial charge in [-0.05, 0) is 37.9 Å². The molecule has 0 aromatic carbocycles. The van der Waals surface area contributed by atoms with Crippen LogP contribution < -0.4 is 10.6 Å². The molecule has 0 saturated carbocycles. The predicted octanol–water partition coefficient (Wildman–Crippen LogP) is 0.538. The van der Waals surface area contributed by atoms with Crippen molar-refractivity contribution in [3.05, 3.63) is 34.0 Å². The topological polar surface area (TPSA) is 25.2 Å². The molecule has 1 aliphatic heterocycles. The van der Waals surface area contributed by atoms with Crippen LogP contribution in [0.3, 0.4) is 0 Å². The first-order chi connectivity index (χ1) is 6.25. The van der Waals surface area contributed by atoms with E-state index in [1.807, 2.05) is 32.1 Å². The second kappa shape index (κ2) is 3.00. The van der Waals surface area contributed by atoms with Crippen molar-refractivity contribution in [2.45, 2.75) is 13.8 Å². The lowest BCUT2D eigenvalue weighted by atomic mass is 10.2. The molecule has 2 heterocycles. The van der Waals surface area contributed by atoms with E-state index < -0.39 is 0 Å².